The summed E-state index contributed by atoms with van der Waals surface area (Å²) >= 11 is 0. The van der Waals surface area contributed by atoms with Gasteiger partial charge in [0.05, 0.1) is 5.69 Å². The summed E-state index contributed by atoms with van der Waals surface area (Å²) in [5, 5.41) is 0. The van der Waals surface area contributed by atoms with Crippen molar-refractivity contribution in [1.82, 2.24) is 14.3 Å². The first-order valence-corrected chi connectivity index (χ1v) is 7.11. The van der Waals surface area contributed by atoms with E-state index in [1.54, 1.807) is 0 Å². The number of rotatable bonds is 3. The van der Waals surface area contributed by atoms with Gasteiger partial charge in [-0.15, -0.1) is 0 Å². The van der Waals surface area contributed by atoms with Gasteiger partial charge in [0.15, 0.2) is 0 Å². The van der Waals surface area contributed by atoms with Crippen LogP contribution in [0.15, 0.2) is 24.5 Å². The fourth-order valence-corrected chi connectivity index (χ4v) is 2.84. The maximum Gasteiger partial charge on any atom is 0.137 e. The van der Waals surface area contributed by atoms with Crippen LogP contribution in [0.1, 0.15) is 24.1 Å². The van der Waals surface area contributed by atoms with Crippen LogP contribution < -0.4 is 5.73 Å². The van der Waals surface area contributed by atoms with Gasteiger partial charge in [-0.2, -0.15) is 0 Å². The summed E-state index contributed by atoms with van der Waals surface area (Å²) in [4.78, 5) is 7.17. The Balaban J connectivity index is 1.68. The van der Waals surface area contributed by atoms with Crippen LogP contribution in [0.3, 0.4) is 0 Å². The Labute approximate surface area is 114 Å². The van der Waals surface area contributed by atoms with E-state index < -0.39 is 0 Å². The smallest absolute Gasteiger partial charge is 0.137 e. The van der Waals surface area contributed by atoms with Gasteiger partial charge >= 0.3 is 0 Å². The van der Waals surface area contributed by atoms with Crippen LogP contribution in [0, 0.1) is 12.8 Å². The van der Waals surface area contributed by atoms with Gasteiger partial charge in [-0.3, -0.25) is 4.90 Å². The second-order valence-electron chi connectivity index (χ2n) is 5.66. The molecule has 0 unspecified atom stereocenters. The molecule has 0 aliphatic carbocycles. The largest absolute Gasteiger partial charge is 0.330 e. The molecule has 1 fully saturated rings. The van der Waals surface area contributed by atoms with Gasteiger partial charge in [-0.25, -0.2) is 4.98 Å². The van der Waals surface area contributed by atoms with Gasteiger partial charge in [-0.1, -0.05) is 6.07 Å². The third-order valence-electron chi connectivity index (χ3n) is 4.07. The molecule has 1 aliphatic heterocycles. The molecule has 0 atom stereocenters. The Kier molecular flexibility index (Phi) is 3.53. The average molecular weight is 258 g/mol. The molecule has 0 aromatic carbocycles. The van der Waals surface area contributed by atoms with Crippen LogP contribution in [0.25, 0.3) is 5.65 Å². The standard InChI is InChI=1S/C15H22N4/c1-12-2-3-15-17-14(11-19(15)9-12)10-18-6-4-13(8-16)5-7-18/h2-3,9,11,13H,4-8,10,16H2,1H3. The molecule has 3 rings (SSSR count). The summed E-state index contributed by atoms with van der Waals surface area (Å²) < 4.78 is 2.12. The van der Waals surface area contributed by atoms with Crippen LogP contribution in [0.5, 0.6) is 0 Å². The lowest BCUT2D eigenvalue weighted by Gasteiger charge is -2.30. The van der Waals surface area contributed by atoms with Crippen molar-refractivity contribution in [3.05, 3.63) is 35.8 Å². The lowest BCUT2D eigenvalue weighted by atomic mass is 9.97. The van der Waals surface area contributed by atoms with Gasteiger partial charge in [0.2, 0.25) is 0 Å². The fourth-order valence-electron chi connectivity index (χ4n) is 2.84. The van der Waals surface area contributed by atoms with Gasteiger partial charge in [0, 0.05) is 18.9 Å². The van der Waals surface area contributed by atoms with Crippen molar-refractivity contribution in [3.63, 3.8) is 0 Å². The lowest BCUT2D eigenvalue weighted by Crippen LogP contribution is -2.35. The zero-order chi connectivity index (χ0) is 13.2. The van der Waals surface area contributed by atoms with Crippen LogP contribution in [0.2, 0.25) is 0 Å². The highest BCUT2D eigenvalue weighted by atomic mass is 15.1. The van der Waals surface area contributed by atoms with E-state index in [4.69, 9.17) is 5.73 Å². The molecule has 0 bridgehead atoms. The maximum atomic E-state index is 5.73. The molecule has 102 valence electrons. The molecule has 19 heavy (non-hydrogen) atoms. The number of imidazole rings is 1. The molecule has 0 saturated carbocycles. The first-order chi connectivity index (χ1) is 9.24. The molecular formula is C15H22N4. The second-order valence-corrected chi connectivity index (χ2v) is 5.66. The predicted molar refractivity (Wildman–Crippen MR) is 77.0 cm³/mol. The molecule has 1 saturated heterocycles. The van der Waals surface area contributed by atoms with Gasteiger partial charge in [-0.05, 0) is 56.9 Å². The van der Waals surface area contributed by atoms with E-state index in [2.05, 4.69) is 45.7 Å². The molecule has 2 aromatic heterocycles. The molecule has 0 spiro atoms. The van der Waals surface area contributed by atoms with E-state index in [0.29, 0.717) is 0 Å². The van der Waals surface area contributed by atoms with Crippen LogP contribution in [0.4, 0.5) is 0 Å². The minimum Gasteiger partial charge on any atom is -0.330 e. The van der Waals surface area contributed by atoms with Crippen LogP contribution >= 0.6 is 0 Å². The van der Waals surface area contributed by atoms with E-state index >= 15 is 0 Å². The van der Waals surface area contributed by atoms with E-state index in [-0.39, 0.29) is 0 Å². The summed E-state index contributed by atoms with van der Waals surface area (Å²) in [6.45, 7) is 6.19. The lowest BCUT2D eigenvalue weighted by molar-refractivity contribution is 0.179. The Morgan fingerprint density at radius 1 is 1.26 bits per heavy atom. The minimum absolute atomic E-state index is 0.722. The number of likely N-dealkylation sites (tertiary alicyclic amines) is 1. The highest BCUT2D eigenvalue weighted by Gasteiger charge is 2.18. The van der Waals surface area contributed by atoms with Crippen LogP contribution in [-0.4, -0.2) is 33.9 Å². The topological polar surface area (TPSA) is 46.6 Å². The average Bonchev–Trinajstić information content (AvgIpc) is 2.81. The number of piperidine rings is 1. The Hall–Kier alpha value is -1.39. The molecule has 4 nitrogen and oxygen atoms in total. The molecule has 2 aromatic rings. The summed E-state index contributed by atoms with van der Waals surface area (Å²) in [5.41, 5.74) is 9.20. The first kappa shape index (κ1) is 12.6. The van der Waals surface area contributed by atoms with Crippen molar-refractivity contribution < 1.29 is 0 Å². The minimum atomic E-state index is 0.722. The summed E-state index contributed by atoms with van der Waals surface area (Å²) in [6, 6.07) is 4.19. The molecule has 2 N–H and O–H groups in total. The van der Waals surface area contributed by atoms with Crippen LogP contribution in [-0.2, 0) is 6.54 Å². The number of nitrogens with two attached hydrogens (primary N) is 1. The summed E-state index contributed by atoms with van der Waals surface area (Å²) in [6.07, 6.45) is 6.73. The summed E-state index contributed by atoms with van der Waals surface area (Å²) in [5.74, 6) is 0.722. The SMILES string of the molecule is Cc1ccc2nc(CN3CCC(CN)CC3)cn2c1. The molecule has 3 heterocycles. The number of pyridine rings is 1. The van der Waals surface area contributed by atoms with Gasteiger partial charge < -0.3 is 10.1 Å². The number of nitrogens with zero attached hydrogens (tertiary/aromatic N) is 3. The second kappa shape index (κ2) is 5.31. The quantitative estimate of drug-likeness (QED) is 0.913. The predicted octanol–water partition coefficient (Wildman–Crippen LogP) is 1.81. The van der Waals surface area contributed by atoms with E-state index in [1.165, 1.54) is 18.4 Å². The Morgan fingerprint density at radius 3 is 2.79 bits per heavy atom. The number of aromatic nitrogens is 2. The molecule has 1 aliphatic rings. The molecule has 0 radical (unpaired) electrons. The van der Waals surface area contributed by atoms with Crippen molar-refractivity contribution in [1.29, 1.82) is 0 Å². The normalized spacial score (nSPS) is 18.2. The van der Waals surface area contributed by atoms with Crippen molar-refractivity contribution in [2.45, 2.75) is 26.3 Å². The Morgan fingerprint density at radius 2 is 2.05 bits per heavy atom. The zero-order valence-electron chi connectivity index (χ0n) is 11.5. The van der Waals surface area contributed by atoms with Crippen molar-refractivity contribution in [3.8, 4) is 0 Å². The number of hydrogen-bond donors (Lipinski definition) is 1. The Bertz CT molecular complexity index is 552. The van der Waals surface area contributed by atoms with E-state index in [9.17, 15) is 0 Å². The highest BCUT2D eigenvalue weighted by Crippen LogP contribution is 2.18. The van der Waals surface area contributed by atoms with Crippen molar-refractivity contribution >= 4 is 5.65 Å². The maximum absolute atomic E-state index is 5.73. The van der Waals surface area contributed by atoms with Crippen molar-refractivity contribution in [2.75, 3.05) is 19.6 Å². The van der Waals surface area contributed by atoms with Gasteiger partial charge in [0.25, 0.3) is 0 Å². The third-order valence-corrected chi connectivity index (χ3v) is 4.07. The number of hydrogen-bond acceptors (Lipinski definition) is 3. The first-order valence-electron chi connectivity index (χ1n) is 7.11. The highest BCUT2D eigenvalue weighted by molar-refractivity contribution is 5.41. The third kappa shape index (κ3) is 2.80. The number of aryl methyl sites for hydroxylation is 1. The fraction of sp³-hybridized carbons (Fsp3) is 0.533. The molecular weight excluding hydrogens is 236 g/mol. The van der Waals surface area contributed by atoms with Gasteiger partial charge in [0.1, 0.15) is 5.65 Å². The van der Waals surface area contributed by atoms with E-state index in [0.717, 1.165) is 43.4 Å². The zero-order valence-corrected chi connectivity index (χ0v) is 11.5. The monoisotopic (exact) mass is 258 g/mol. The molecule has 0 amide bonds. The van der Waals surface area contributed by atoms with E-state index in [1.807, 2.05) is 0 Å². The molecule has 4 heteroatoms. The summed E-state index contributed by atoms with van der Waals surface area (Å²) in [7, 11) is 0. The number of fused-ring (bicyclic) bond motifs is 1. The van der Waals surface area contributed by atoms with Crippen molar-refractivity contribution in [2.24, 2.45) is 11.7 Å².